The summed E-state index contributed by atoms with van der Waals surface area (Å²) in [6.07, 6.45) is 2.53. The third kappa shape index (κ3) is 6.37. The molecule has 1 aliphatic rings. The molecule has 0 radical (unpaired) electrons. The van der Waals surface area contributed by atoms with Gasteiger partial charge in [0.05, 0.1) is 5.69 Å². The minimum absolute atomic E-state index is 0.157. The Morgan fingerprint density at radius 1 is 0.865 bits per heavy atom. The van der Waals surface area contributed by atoms with Crippen LogP contribution >= 0.6 is 11.6 Å². The van der Waals surface area contributed by atoms with Crippen LogP contribution in [0.3, 0.4) is 0 Å². The van der Waals surface area contributed by atoms with Gasteiger partial charge in [-0.15, -0.1) is 0 Å². The van der Waals surface area contributed by atoms with Crippen molar-refractivity contribution < 1.29 is 23.9 Å². The second kappa shape index (κ2) is 11.8. The molecule has 1 saturated heterocycles. The van der Waals surface area contributed by atoms with Gasteiger partial charge in [0, 0.05) is 5.02 Å². The lowest BCUT2D eigenvalue weighted by Gasteiger charge is -2.26. The average molecular weight is 519 g/mol. The van der Waals surface area contributed by atoms with E-state index in [0.29, 0.717) is 41.2 Å². The summed E-state index contributed by atoms with van der Waals surface area (Å²) >= 11 is 5.90. The zero-order chi connectivity index (χ0) is 26.4. The summed E-state index contributed by atoms with van der Waals surface area (Å²) in [4.78, 5) is 38.5. The number of amides is 4. The highest BCUT2D eigenvalue weighted by Crippen LogP contribution is 2.24. The molecule has 0 bridgehead atoms. The second-order valence-corrected chi connectivity index (χ2v) is 9.01. The monoisotopic (exact) mass is 518 g/mol. The van der Waals surface area contributed by atoms with Gasteiger partial charge in [0.2, 0.25) is 0 Å². The molecule has 0 saturated carbocycles. The summed E-state index contributed by atoms with van der Waals surface area (Å²) < 4.78 is 11.5. The minimum Gasteiger partial charge on any atom is -0.490 e. The number of hydrogen-bond donors (Lipinski definition) is 1. The predicted octanol–water partition coefficient (Wildman–Crippen LogP) is 5.98. The predicted molar refractivity (Wildman–Crippen MR) is 143 cm³/mol. The smallest absolute Gasteiger partial charge is 0.335 e. The lowest BCUT2D eigenvalue weighted by molar-refractivity contribution is -0.122. The summed E-state index contributed by atoms with van der Waals surface area (Å²) in [6, 6.07) is 20.4. The maximum absolute atomic E-state index is 13.0. The fraction of sp³-hybridized carbons (Fsp3) is 0.207. The first kappa shape index (κ1) is 26.0. The number of rotatable bonds is 9. The van der Waals surface area contributed by atoms with Gasteiger partial charge in [-0.2, -0.15) is 0 Å². The van der Waals surface area contributed by atoms with Crippen LogP contribution in [0.25, 0.3) is 6.08 Å². The molecule has 0 aliphatic carbocycles. The molecule has 4 rings (SSSR count). The summed E-state index contributed by atoms with van der Waals surface area (Å²) in [5, 5.41) is 2.66. The van der Waals surface area contributed by atoms with Crippen LogP contribution in [0.5, 0.6) is 11.5 Å². The van der Waals surface area contributed by atoms with E-state index in [-0.39, 0.29) is 5.57 Å². The summed E-state index contributed by atoms with van der Waals surface area (Å²) in [7, 11) is 0. The number of carbonyl (C=O) groups excluding carboxylic acids is 3. The van der Waals surface area contributed by atoms with Crippen LogP contribution in [0, 0.1) is 0 Å². The van der Waals surface area contributed by atoms with Gasteiger partial charge in [-0.25, -0.2) is 9.69 Å². The maximum Gasteiger partial charge on any atom is 0.335 e. The summed E-state index contributed by atoms with van der Waals surface area (Å²) in [5.74, 6) is 0.460. The number of anilines is 1. The third-order valence-corrected chi connectivity index (χ3v) is 6.31. The molecule has 3 aromatic rings. The van der Waals surface area contributed by atoms with Crippen molar-refractivity contribution in [3.05, 3.63) is 94.5 Å². The zero-order valence-corrected chi connectivity index (χ0v) is 21.3. The fourth-order valence-corrected chi connectivity index (χ4v) is 3.88. The van der Waals surface area contributed by atoms with Crippen molar-refractivity contribution in [2.45, 2.75) is 26.2 Å². The number of nitrogens with zero attached hydrogens (tertiary/aromatic N) is 1. The Balaban J connectivity index is 1.34. The molecule has 1 N–H and O–H groups in total. The standard InChI is InChI=1S/C29H27ClN2O5/c1-3-19(2)21-6-14-25(15-7-21)37-17-16-36-24-12-4-20(5-13-24)18-26-27(33)31-29(35)32(28(26)34)23-10-8-22(30)9-11-23/h4-15,18-19H,3,16-17H2,1-2H3,(H,31,33,35)/b26-18-/t19-/m1/s1. The molecule has 190 valence electrons. The number of carbonyl (C=O) groups is 3. The van der Waals surface area contributed by atoms with E-state index < -0.39 is 17.8 Å². The van der Waals surface area contributed by atoms with Gasteiger partial charge < -0.3 is 9.47 Å². The molecule has 1 fully saturated rings. The second-order valence-electron chi connectivity index (χ2n) is 8.58. The van der Waals surface area contributed by atoms with E-state index in [1.165, 1.54) is 23.8 Å². The number of benzene rings is 3. The van der Waals surface area contributed by atoms with Crippen LogP contribution in [0.15, 0.2) is 78.4 Å². The van der Waals surface area contributed by atoms with E-state index in [1.54, 1.807) is 36.4 Å². The quantitative estimate of drug-likeness (QED) is 0.214. The largest absolute Gasteiger partial charge is 0.490 e. The minimum atomic E-state index is -0.813. The molecular formula is C29H27ClN2O5. The third-order valence-electron chi connectivity index (χ3n) is 6.06. The zero-order valence-electron chi connectivity index (χ0n) is 20.6. The van der Waals surface area contributed by atoms with E-state index in [2.05, 4.69) is 31.3 Å². The lowest BCUT2D eigenvalue weighted by atomic mass is 9.99. The number of ether oxygens (including phenoxy) is 2. The van der Waals surface area contributed by atoms with E-state index in [9.17, 15) is 14.4 Å². The highest BCUT2D eigenvalue weighted by Gasteiger charge is 2.36. The molecule has 1 aliphatic heterocycles. The normalized spacial score (nSPS) is 15.5. The molecule has 8 heteroatoms. The Morgan fingerprint density at radius 3 is 2.00 bits per heavy atom. The van der Waals surface area contributed by atoms with Crippen molar-refractivity contribution in [3.8, 4) is 11.5 Å². The van der Waals surface area contributed by atoms with Crippen LogP contribution in [0.2, 0.25) is 5.02 Å². The molecule has 7 nitrogen and oxygen atoms in total. The highest BCUT2D eigenvalue weighted by atomic mass is 35.5. The number of halogens is 1. The summed E-state index contributed by atoms with van der Waals surface area (Å²) in [5.41, 5.74) is 2.05. The van der Waals surface area contributed by atoms with Crippen LogP contribution in [-0.4, -0.2) is 31.1 Å². The van der Waals surface area contributed by atoms with E-state index in [0.717, 1.165) is 17.1 Å². The fourth-order valence-electron chi connectivity index (χ4n) is 3.76. The van der Waals surface area contributed by atoms with Crippen molar-refractivity contribution in [1.82, 2.24) is 5.32 Å². The first-order valence-electron chi connectivity index (χ1n) is 12.0. The summed E-state index contributed by atoms with van der Waals surface area (Å²) in [6.45, 7) is 5.11. The van der Waals surface area contributed by atoms with E-state index in [4.69, 9.17) is 21.1 Å². The Hall–Kier alpha value is -4.10. The Labute approximate surface area is 220 Å². The number of urea groups is 1. The van der Waals surface area contributed by atoms with Gasteiger partial charge in [0.25, 0.3) is 11.8 Å². The first-order chi connectivity index (χ1) is 17.9. The van der Waals surface area contributed by atoms with E-state index in [1.807, 2.05) is 12.1 Å². The highest BCUT2D eigenvalue weighted by molar-refractivity contribution is 6.39. The van der Waals surface area contributed by atoms with Gasteiger partial charge in [-0.05, 0) is 78.1 Å². The van der Waals surface area contributed by atoms with Crippen molar-refractivity contribution in [1.29, 1.82) is 0 Å². The number of hydrogen-bond acceptors (Lipinski definition) is 5. The average Bonchev–Trinajstić information content (AvgIpc) is 2.90. The van der Waals surface area contributed by atoms with Gasteiger partial charge in [0.15, 0.2) is 0 Å². The molecular weight excluding hydrogens is 492 g/mol. The Bertz CT molecular complexity index is 1300. The van der Waals surface area contributed by atoms with Crippen LogP contribution in [0.1, 0.15) is 37.3 Å². The van der Waals surface area contributed by atoms with Crippen LogP contribution in [-0.2, 0) is 9.59 Å². The maximum atomic E-state index is 13.0. The Kier molecular flexibility index (Phi) is 8.25. The first-order valence-corrected chi connectivity index (χ1v) is 12.4. The van der Waals surface area contributed by atoms with Crippen LogP contribution < -0.4 is 19.7 Å². The number of imide groups is 2. The number of barbiturate groups is 1. The number of nitrogens with one attached hydrogen (secondary N) is 1. The van der Waals surface area contributed by atoms with Gasteiger partial charge in [-0.3, -0.25) is 14.9 Å². The molecule has 1 atom stereocenters. The molecule has 1 heterocycles. The van der Waals surface area contributed by atoms with Crippen molar-refractivity contribution in [2.75, 3.05) is 18.1 Å². The lowest BCUT2D eigenvalue weighted by Crippen LogP contribution is -2.54. The van der Waals surface area contributed by atoms with Crippen molar-refractivity contribution in [2.24, 2.45) is 0 Å². The van der Waals surface area contributed by atoms with Crippen molar-refractivity contribution >= 4 is 41.2 Å². The molecule has 0 aromatic heterocycles. The Morgan fingerprint density at radius 2 is 1.43 bits per heavy atom. The van der Waals surface area contributed by atoms with Gasteiger partial charge in [-0.1, -0.05) is 49.7 Å². The topological polar surface area (TPSA) is 84.9 Å². The van der Waals surface area contributed by atoms with Crippen LogP contribution in [0.4, 0.5) is 10.5 Å². The molecule has 3 aromatic carbocycles. The molecule has 0 spiro atoms. The van der Waals surface area contributed by atoms with Gasteiger partial charge >= 0.3 is 6.03 Å². The van der Waals surface area contributed by atoms with Gasteiger partial charge in [0.1, 0.15) is 30.3 Å². The molecule has 37 heavy (non-hydrogen) atoms. The van der Waals surface area contributed by atoms with Crippen molar-refractivity contribution in [3.63, 3.8) is 0 Å². The molecule has 4 amide bonds. The SMILES string of the molecule is CC[C@@H](C)c1ccc(OCCOc2ccc(/C=C3/C(=O)NC(=O)N(c4ccc(Cl)cc4)C3=O)cc2)cc1. The molecule has 0 unspecified atom stereocenters. The van der Waals surface area contributed by atoms with E-state index >= 15 is 0 Å².